The molecule has 0 spiro atoms. The molecule has 0 aromatic carbocycles. The highest BCUT2D eigenvalue weighted by Gasteiger charge is 2.40. The number of anilines is 1. The second kappa shape index (κ2) is 5.71. The average molecular weight is 290 g/mol. The van der Waals surface area contributed by atoms with E-state index in [1.165, 1.54) is 0 Å². The van der Waals surface area contributed by atoms with Crippen molar-refractivity contribution in [3.8, 4) is 0 Å². The molecule has 114 valence electrons. The summed E-state index contributed by atoms with van der Waals surface area (Å²) < 4.78 is 0. The fraction of sp³-hybridized carbons (Fsp3) is 0.533. The number of piperazine rings is 1. The van der Waals surface area contributed by atoms with E-state index in [9.17, 15) is 9.59 Å². The van der Waals surface area contributed by atoms with E-state index in [0.717, 1.165) is 12.2 Å². The third-order valence-corrected chi connectivity index (χ3v) is 3.65. The summed E-state index contributed by atoms with van der Waals surface area (Å²) in [6, 6.07) is 3.49. The smallest absolute Gasteiger partial charge is 0.254 e. The first-order valence-electron chi connectivity index (χ1n) is 7.19. The van der Waals surface area contributed by atoms with Crippen molar-refractivity contribution in [3.63, 3.8) is 0 Å². The molecule has 1 aromatic heterocycles. The zero-order valence-electron chi connectivity index (χ0n) is 13.0. The van der Waals surface area contributed by atoms with Crippen LogP contribution < -0.4 is 10.6 Å². The summed E-state index contributed by atoms with van der Waals surface area (Å²) in [5.74, 6) is 0.416. The van der Waals surface area contributed by atoms with Crippen LogP contribution in [0.1, 0.15) is 36.8 Å². The molecule has 0 unspecified atom stereocenters. The highest BCUT2D eigenvalue weighted by molar-refractivity contribution is 6.00. The lowest BCUT2D eigenvalue weighted by Crippen LogP contribution is -2.63. The molecule has 0 atom stereocenters. The molecule has 0 bridgehead atoms. The van der Waals surface area contributed by atoms with Gasteiger partial charge in [-0.3, -0.25) is 9.59 Å². The molecular formula is C15H22N4O2. The molecule has 0 aliphatic carbocycles. The molecule has 2 amide bonds. The second-order valence-electron chi connectivity index (χ2n) is 5.68. The lowest BCUT2D eigenvalue weighted by molar-refractivity contribution is -0.133. The van der Waals surface area contributed by atoms with Crippen molar-refractivity contribution in [3.05, 3.63) is 23.4 Å². The van der Waals surface area contributed by atoms with Crippen molar-refractivity contribution in [1.82, 2.24) is 15.2 Å². The summed E-state index contributed by atoms with van der Waals surface area (Å²) >= 11 is 0. The number of hydrogen-bond acceptors (Lipinski definition) is 4. The van der Waals surface area contributed by atoms with Gasteiger partial charge < -0.3 is 15.5 Å². The van der Waals surface area contributed by atoms with Gasteiger partial charge in [-0.05, 0) is 39.8 Å². The van der Waals surface area contributed by atoms with E-state index in [1.807, 2.05) is 13.8 Å². The Kier molecular flexibility index (Phi) is 4.16. The molecule has 2 heterocycles. The number of nitrogens with zero attached hydrogens (tertiary/aromatic N) is 2. The van der Waals surface area contributed by atoms with Crippen molar-refractivity contribution >= 4 is 17.6 Å². The average Bonchev–Trinajstić information content (AvgIpc) is 2.41. The standard InChI is InChI=1S/C15H22N4O2/c1-5-16-12-9-11(8-10(2)18-12)13(20)19-7-6-17-14(21)15(19,3)4/h8-9H,5-7H2,1-4H3,(H,16,18)(H,17,21). The summed E-state index contributed by atoms with van der Waals surface area (Å²) in [4.78, 5) is 30.7. The SMILES string of the molecule is CCNc1cc(C(=O)N2CCNC(=O)C2(C)C)cc(C)n1. The molecule has 2 N–H and O–H groups in total. The number of amides is 2. The van der Waals surface area contributed by atoms with Crippen LogP contribution in [0.25, 0.3) is 0 Å². The van der Waals surface area contributed by atoms with Crippen molar-refractivity contribution in [2.45, 2.75) is 33.2 Å². The quantitative estimate of drug-likeness (QED) is 0.876. The number of pyridine rings is 1. The minimum Gasteiger partial charge on any atom is -0.370 e. The van der Waals surface area contributed by atoms with Gasteiger partial charge in [-0.25, -0.2) is 4.98 Å². The normalized spacial score (nSPS) is 17.3. The molecule has 0 saturated carbocycles. The summed E-state index contributed by atoms with van der Waals surface area (Å²) in [6.45, 7) is 9.09. The van der Waals surface area contributed by atoms with E-state index >= 15 is 0 Å². The monoisotopic (exact) mass is 290 g/mol. The highest BCUT2D eigenvalue weighted by atomic mass is 16.2. The maximum Gasteiger partial charge on any atom is 0.254 e. The highest BCUT2D eigenvalue weighted by Crippen LogP contribution is 2.22. The van der Waals surface area contributed by atoms with Gasteiger partial charge in [-0.15, -0.1) is 0 Å². The number of rotatable bonds is 3. The number of carbonyl (C=O) groups is 2. The van der Waals surface area contributed by atoms with E-state index in [1.54, 1.807) is 30.9 Å². The number of aromatic nitrogens is 1. The minimum atomic E-state index is -0.842. The molecule has 2 rings (SSSR count). The van der Waals surface area contributed by atoms with E-state index in [2.05, 4.69) is 15.6 Å². The third kappa shape index (κ3) is 2.99. The topological polar surface area (TPSA) is 74.3 Å². The Labute approximate surface area is 124 Å². The summed E-state index contributed by atoms with van der Waals surface area (Å²) in [6.07, 6.45) is 0. The van der Waals surface area contributed by atoms with Crippen molar-refractivity contribution < 1.29 is 9.59 Å². The first kappa shape index (κ1) is 15.3. The molecule has 6 nitrogen and oxygen atoms in total. The van der Waals surface area contributed by atoms with Crippen molar-refractivity contribution in [2.75, 3.05) is 25.0 Å². The predicted octanol–water partition coefficient (Wildman–Crippen LogP) is 1.17. The lowest BCUT2D eigenvalue weighted by Gasteiger charge is -2.41. The van der Waals surface area contributed by atoms with Gasteiger partial charge in [0.15, 0.2) is 0 Å². The molecular weight excluding hydrogens is 268 g/mol. The fourth-order valence-electron chi connectivity index (χ4n) is 2.47. The van der Waals surface area contributed by atoms with Gasteiger partial charge in [0.2, 0.25) is 5.91 Å². The Bertz CT molecular complexity index is 569. The van der Waals surface area contributed by atoms with Crippen molar-refractivity contribution in [1.29, 1.82) is 0 Å². The van der Waals surface area contributed by atoms with Crippen LogP contribution >= 0.6 is 0 Å². The van der Waals surface area contributed by atoms with Crippen LogP contribution in [-0.2, 0) is 4.79 Å². The molecule has 1 saturated heterocycles. The molecule has 0 radical (unpaired) electrons. The first-order chi connectivity index (χ1) is 9.86. The number of hydrogen-bond donors (Lipinski definition) is 2. The van der Waals surface area contributed by atoms with Crippen LogP contribution in [0.4, 0.5) is 5.82 Å². The second-order valence-corrected chi connectivity index (χ2v) is 5.68. The number of aryl methyl sites for hydroxylation is 1. The van der Waals surface area contributed by atoms with E-state index in [4.69, 9.17) is 0 Å². The molecule has 1 fully saturated rings. The van der Waals surface area contributed by atoms with Crippen LogP contribution in [0, 0.1) is 6.92 Å². The molecule has 21 heavy (non-hydrogen) atoms. The molecule has 6 heteroatoms. The van der Waals surface area contributed by atoms with Gasteiger partial charge in [-0.2, -0.15) is 0 Å². The number of nitrogens with one attached hydrogen (secondary N) is 2. The lowest BCUT2D eigenvalue weighted by atomic mass is 9.97. The fourth-order valence-corrected chi connectivity index (χ4v) is 2.47. The maximum atomic E-state index is 12.8. The Morgan fingerprint density at radius 2 is 2.19 bits per heavy atom. The summed E-state index contributed by atoms with van der Waals surface area (Å²) in [7, 11) is 0. The van der Waals surface area contributed by atoms with E-state index < -0.39 is 5.54 Å². The predicted molar refractivity (Wildman–Crippen MR) is 81.3 cm³/mol. The summed E-state index contributed by atoms with van der Waals surface area (Å²) in [5, 5.41) is 5.91. The van der Waals surface area contributed by atoms with Gasteiger partial charge in [0.25, 0.3) is 5.91 Å². The van der Waals surface area contributed by atoms with Gasteiger partial charge in [-0.1, -0.05) is 0 Å². The van der Waals surface area contributed by atoms with Crippen LogP contribution in [-0.4, -0.2) is 46.9 Å². The molecule has 1 aromatic rings. The molecule has 1 aliphatic rings. The third-order valence-electron chi connectivity index (χ3n) is 3.65. The van der Waals surface area contributed by atoms with Gasteiger partial charge in [0, 0.05) is 30.9 Å². The molecule has 1 aliphatic heterocycles. The Balaban J connectivity index is 2.33. The van der Waals surface area contributed by atoms with Crippen LogP contribution in [0.3, 0.4) is 0 Å². The van der Waals surface area contributed by atoms with Crippen molar-refractivity contribution in [2.24, 2.45) is 0 Å². The van der Waals surface area contributed by atoms with Gasteiger partial charge in [0.1, 0.15) is 11.4 Å². The first-order valence-corrected chi connectivity index (χ1v) is 7.19. The van der Waals surface area contributed by atoms with Crippen LogP contribution in [0.5, 0.6) is 0 Å². The largest absolute Gasteiger partial charge is 0.370 e. The van der Waals surface area contributed by atoms with E-state index in [-0.39, 0.29) is 11.8 Å². The van der Waals surface area contributed by atoms with Crippen LogP contribution in [0.15, 0.2) is 12.1 Å². The minimum absolute atomic E-state index is 0.125. The Morgan fingerprint density at radius 3 is 2.86 bits per heavy atom. The summed E-state index contributed by atoms with van der Waals surface area (Å²) in [5.41, 5.74) is 0.488. The zero-order valence-corrected chi connectivity index (χ0v) is 13.0. The zero-order chi connectivity index (χ0) is 15.6. The number of carbonyl (C=O) groups excluding carboxylic acids is 2. The van der Waals surface area contributed by atoms with Gasteiger partial charge in [0.05, 0.1) is 0 Å². The maximum absolute atomic E-state index is 12.8. The van der Waals surface area contributed by atoms with Crippen LogP contribution in [0.2, 0.25) is 0 Å². The Morgan fingerprint density at radius 1 is 1.48 bits per heavy atom. The van der Waals surface area contributed by atoms with E-state index in [0.29, 0.717) is 24.5 Å². The Hall–Kier alpha value is -2.11. The van der Waals surface area contributed by atoms with Gasteiger partial charge >= 0.3 is 0 Å².